The fourth-order valence-electron chi connectivity index (χ4n) is 2.51. The van der Waals surface area contributed by atoms with Crippen molar-refractivity contribution in [2.75, 3.05) is 21.2 Å². The van der Waals surface area contributed by atoms with Crippen molar-refractivity contribution in [1.29, 1.82) is 0 Å². The molecule has 1 fully saturated rings. The van der Waals surface area contributed by atoms with Crippen LogP contribution in [0.15, 0.2) is 24.4 Å². The van der Waals surface area contributed by atoms with Crippen LogP contribution in [-0.4, -0.2) is 37.1 Å². The van der Waals surface area contributed by atoms with Crippen molar-refractivity contribution in [2.45, 2.75) is 18.9 Å². The maximum Gasteiger partial charge on any atom is 0.313 e. The van der Waals surface area contributed by atoms with E-state index in [9.17, 15) is 4.79 Å². The third-order valence-electron chi connectivity index (χ3n) is 3.39. The minimum absolute atomic E-state index is 0.00356. The molecule has 0 spiro atoms. The highest BCUT2D eigenvalue weighted by Crippen LogP contribution is 2.57. The lowest BCUT2D eigenvalue weighted by molar-refractivity contribution is -0.150. The Bertz CT molecular complexity index is 399. The van der Waals surface area contributed by atoms with Gasteiger partial charge in [-0.05, 0) is 39.1 Å². The lowest BCUT2D eigenvalue weighted by Gasteiger charge is -2.30. The molecule has 0 saturated heterocycles. The molecule has 4 nitrogen and oxygen atoms in total. The van der Waals surface area contributed by atoms with Crippen molar-refractivity contribution in [1.82, 2.24) is 9.88 Å². The van der Waals surface area contributed by atoms with Crippen LogP contribution in [0.25, 0.3) is 0 Å². The first-order valence-electron chi connectivity index (χ1n) is 5.77. The van der Waals surface area contributed by atoms with E-state index in [0.717, 1.165) is 18.5 Å². The lowest BCUT2D eigenvalue weighted by Crippen LogP contribution is -2.35. The fourth-order valence-corrected chi connectivity index (χ4v) is 2.51. The molecule has 4 heteroatoms. The zero-order valence-corrected chi connectivity index (χ0v) is 10.5. The maximum atomic E-state index is 11.9. The molecule has 0 aromatic carbocycles. The normalized spacial score (nSPS) is 18.8. The Hall–Kier alpha value is -1.42. The summed E-state index contributed by atoms with van der Waals surface area (Å²) in [4.78, 5) is 18.4. The second-order valence-corrected chi connectivity index (χ2v) is 4.77. The Morgan fingerprint density at radius 1 is 1.47 bits per heavy atom. The van der Waals surface area contributed by atoms with E-state index >= 15 is 0 Å². The van der Waals surface area contributed by atoms with Crippen LogP contribution >= 0.6 is 0 Å². The van der Waals surface area contributed by atoms with Gasteiger partial charge in [-0.3, -0.25) is 14.7 Å². The van der Waals surface area contributed by atoms with E-state index in [-0.39, 0.29) is 12.0 Å². The number of hydrogen-bond donors (Lipinski definition) is 0. The molecular formula is C13H18N2O2. The average molecular weight is 234 g/mol. The van der Waals surface area contributed by atoms with Gasteiger partial charge in [0.15, 0.2) is 0 Å². The molecule has 1 heterocycles. The molecule has 1 saturated carbocycles. The molecule has 1 unspecified atom stereocenters. The van der Waals surface area contributed by atoms with E-state index in [1.54, 1.807) is 6.20 Å². The topological polar surface area (TPSA) is 42.4 Å². The summed E-state index contributed by atoms with van der Waals surface area (Å²) in [6.07, 6.45) is 3.51. The summed E-state index contributed by atoms with van der Waals surface area (Å²) in [5.41, 5.74) is 0.535. The van der Waals surface area contributed by atoms with E-state index in [1.165, 1.54) is 7.11 Å². The second-order valence-electron chi connectivity index (χ2n) is 4.77. The number of ether oxygens (including phenoxy) is 1. The Morgan fingerprint density at radius 2 is 2.18 bits per heavy atom. The number of carbonyl (C=O) groups is 1. The summed E-state index contributed by atoms with van der Waals surface area (Å²) in [6, 6.07) is 5.80. The Morgan fingerprint density at radius 3 is 2.59 bits per heavy atom. The SMILES string of the molecule is COC(=O)C1(C(c2ccccn2)N(C)C)CC1. The summed E-state index contributed by atoms with van der Waals surface area (Å²) in [5, 5.41) is 0. The van der Waals surface area contributed by atoms with Gasteiger partial charge in [0.25, 0.3) is 0 Å². The van der Waals surface area contributed by atoms with Gasteiger partial charge >= 0.3 is 5.97 Å². The van der Waals surface area contributed by atoms with Crippen LogP contribution in [0, 0.1) is 5.41 Å². The molecule has 1 aromatic heterocycles. The molecule has 1 aliphatic rings. The highest BCUT2D eigenvalue weighted by atomic mass is 16.5. The number of nitrogens with zero attached hydrogens (tertiary/aromatic N) is 2. The fraction of sp³-hybridized carbons (Fsp3) is 0.538. The molecule has 0 aliphatic heterocycles. The molecule has 0 amide bonds. The van der Waals surface area contributed by atoms with Gasteiger partial charge in [0.05, 0.1) is 24.3 Å². The zero-order chi connectivity index (χ0) is 12.5. The van der Waals surface area contributed by atoms with Gasteiger partial charge in [-0.15, -0.1) is 0 Å². The number of aromatic nitrogens is 1. The molecular weight excluding hydrogens is 216 g/mol. The van der Waals surface area contributed by atoms with Gasteiger partial charge < -0.3 is 4.74 Å². The lowest BCUT2D eigenvalue weighted by atomic mass is 9.92. The van der Waals surface area contributed by atoms with E-state index in [2.05, 4.69) is 4.98 Å². The van der Waals surface area contributed by atoms with E-state index in [0.29, 0.717) is 0 Å². The van der Waals surface area contributed by atoms with E-state index < -0.39 is 5.41 Å². The Kier molecular flexibility index (Phi) is 3.15. The molecule has 0 bridgehead atoms. The van der Waals surface area contributed by atoms with Crippen molar-refractivity contribution in [3.05, 3.63) is 30.1 Å². The van der Waals surface area contributed by atoms with Gasteiger partial charge in [0.1, 0.15) is 0 Å². The Labute approximate surface area is 102 Å². The van der Waals surface area contributed by atoms with Crippen LogP contribution in [-0.2, 0) is 9.53 Å². The van der Waals surface area contributed by atoms with Gasteiger partial charge in [-0.25, -0.2) is 0 Å². The summed E-state index contributed by atoms with van der Waals surface area (Å²) in [7, 11) is 5.40. The average Bonchev–Trinajstić information content (AvgIpc) is 3.10. The summed E-state index contributed by atoms with van der Waals surface area (Å²) in [6.45, 7) is 0. The molecule has 1 atom stereocenters. The molecule has 92 valence electrons. The van der Waals surface area contributed by atoms with Gasteiger partial charge in [0.2, 0.25) is 0 Å². The smallest absolute Gasteiger partial charge is 0.313 e. The van der Waals surface area contributed by atoms with Crippen LogP contribution in [0.3, 0.4) is 0 Å². The first-order chi connectivity index (χ1) is 8.12. The van der Waals surface area contributed by atoms with Crippen molar-refractivity contribution < 1.29 is 9.53 Å². The summed E-state index contributed by atoms with van der Waals surface area (Å²) < 4.78 is 4.94. The molecule has 0 N–H and O–H groups in total. The number of esters is 1. The third-order valence-corrected chi connectivity index (χ3v) is 3.39. The second kappa shape index (κ2) is 4.45. The quantitative estimate of drug-likeness (QED) is 0.743. The number of carbonyl (C=O) groups excluding carboxylic acids is 1. The van der Waals surface area contributed by atoms with Crippen LogP contribution in [0.1, 0.15) is 24.6 Å². The number of pyridine rings is 1. The van der Waals surface area contributed by atoms with Crippen LogP contribution in [0.5, 0.6) is 0 Å². The highest BCUT2D eigenvalue weighted by molar-refractivity contribution is 5.81. The summed E-state index contributed by atoms with van der Waals surface area (Å²) >= 11 is 0. The molecule has 0 radical (unpaired) electrons. The van der Waals surface area contributed by atoms with Gasteiger partial charge in [-0.2, -0.15) is 0 Å². The zero-order valence-electron chi connectivity index (χ0n) is 10.5. The predicted molar refractivity (Wildman–Crippen MR) is 64.3 cm³/mol. The number of methoxy groups -OCH3 is 1. The minimum Gasteiger partial charge on any atom is -0.469 e. The molecule has 2 rings (SSSR count). The third kappa shape index (κ3) is 2.05. The molecule has 1 aliphatic carbocycles. The first kappa shape index (κ1) is 12.0. The first-order valence-corrected chi connectivity index (χ1v) is 5.77. The van der Waals surface area contributed by atoms with Crippen LogP contribution in [0.2, 0.25) is 0 Å². The van der Waals surface area contributed by atoms with Crippen molar-refractivity contribution in [2.24, 2.45) is 5.41 Å². The number of rotatable bonds is 4. The predicted octanol–water partition coefficient (Wildman–Crippen LogP) is 1.64. The molecule has 1 aromatic rings. The monoisotopic (exact) mass is 234 g/mol. The van der Waals surface area contributed by atoms with Crippen LogP contribution < -0.4 is 0 Å². The van der Waals surface area contributed by atoms with Gasteiger partial charge in [0, 0.05) is 6.20 Å². The van der Waals surface area contributed by atoms with Crippen molar-refractivity contribution in [3.8, 4) is 0 Å². The van der Waals surface area contributed by atoms with Crippen molar-refractivity contribution in [3.63, 3.8) is 0 Å². The standard InChI is InChI=1S/C13H18N2O2/c1-15(2)11(10-6-4-5-9-14-10)13(7-8-13)12(16)17-3/h4-6,9,11H,7-8H2,1-3H3. The van der Waals surface area contributed by atoms with Gasteiger partial charge in [-0.1, -0.05) is 6.07 Å². The maximum absolute atomic E-state index is 11.9. The summed E-state index contributed by atoms with van der Waals surface area (Å²) in [5.74, 6) is -0.123. The van der Waals surface area contributed by atoms with Crippen LogP contribution in [0.4, 0.5) is 0 Å². The Balaban J connectivity index is 2.34. The molecule has 17 heavy (non-hydrogen) atoms. The highest BCUT2D eigenvalue weighted by Gasteiger charge is 2.58. The van der Waals surface area contributed by atoms with E-state index in [1.807, 2.05) is 37.2 Å². The number of hydrogen-bond acceptors (Lipinski definition) is 4. The minimum atomic E-state index is -0.396. The largest absolute Gasteiger partial charge is 0.469 e. The van der Waals surface area contributed by atoms with Crippen molar-refractivity contribution >= 4 is 5.97 Å². The van der Waals surface area contributed by atoms with E-state index in [4.69, 9.17) is 4.74 Å².